The number of hydroxylamine groups is 3. The lowest BCUT2D eigenvalue weighted by Gasteiger charge is -2.43. The second-order valence-electron chi connectivity index (χ2n) is 5.30. The van der Waals surface area contributed by atoms with Gasteiger partial charge in [0.2, 0.25) is 0 Å². The molecule has 1 saturated heterocycles. The molecule has 18 heavy (non-hydrogen) atoms. The van der Waals surface area contributed by atoms with E-state index < -0.39 is 16.2 Å². The zero-order valence-electron chi connectivity index (χ0n) is 10.00. The Morgan fingerprint density at radius 3 is 2.61 bits per heavy atom. The number of amides is 2. The summed E-state index contributed by atoms with van der Waals surface area (Å²) in [6.07, 6.45) is 1.11. The van der Waals surface area contributed by atoms with Crippen molar-refractivity contribution in [3.63, 3.8) is 0 Å². The van der Waals surface area contributed by atoms with Crippen molar-refractivity contribution < 1.29 is 9.44 Å². The van der Waals surface area contributed by atoms with E-state index in [0.717, 1.165) is 11.1 Å². The Bertz CT molecular complexity index is 525. The number of nitrogens with one attached hydrogen (secondary N) is 1. The van der Waals surface area contributed by atoms with Crippen molar-refractivity contribution >= 4 is 23.3 Å². The van der Waals surface area contributed by atoms with Crippen LogP contribution in [0, 0.1) is 5.21 Å². The molecule has 1 spiro atoms. The summed E-state index contributed by atoms with van der Waals surface area (Å²) in [5.41, 5.74) is 7.69. The third-order valence-corrected chi connectivity index (χ3v) is 4.55. The average Bonchev–Trinajstić information content (AvgIpc) is 2.74. The first kappa shape index (κ1) is 11.8. The molecule has 1 aliphatic carbocycles. The van der Waals surface area contributed by atoms with Gasteiger partial charge >= 0.3 is 6.03 Å². The van der Waals surface area contributed by atoms with Gasteiger partial charge in [-0.15, -0.1) is 0 Å². The van der Waals surface area contributed by atoms with Crippen molar-refractivity contribution in [2.45, 2.75) is 18.4 Å². The fourth-order valence-corrected chi connectivity index (χ4v) is 3.15. The molecule has 6 heteroatoms. The molecule has 1 aliphatic heterocycles. The summed E-state index contributed by atoms with van der Waals surface area (Å²) in [7, 11) is 1.42. The molecule has 1 fully saturated rings. The maximum Gasteiger partial charge on any atom is 0.417 e. The summed E-state index contributed by atoms with van der Waals surface area (Å²) in [6, 6.07) is 3.15. The minimum Gasteiger partial charge on any atom is -0.624 e. The number of quaternary nitrogens is 1. The summed E-state index contributed by atoms with van der Waals surface area (Å²) in [4.78, 5) is 11.6. The summed E-state index contributed by atoms with van der Waals surface area (Å²) >= 11 is 6.00. The SMILES string of the molecule is C[N+]1([O-])C(=O)NC[C@@]12Cc1cc(N)c(Cl)cc1C2. The Hall–Kier alpha value is -1.30. The van der Waals surface area contributed by atoms with Crippen LogP contribution in [0.2, 0.25) is 5.02 Å². The van der Waals surface area contributed by atoms with E-state index in [1.807, 2.05) is 12.1 Å². The van der Waals surface area contributed by atoms with Crippen molar-refractivity contribution in [2.75, 3.05) is 19.3 Å². The van der Waals surface area contributed by atoms with Gasteiger partial charge < -0.3 is 10.9 Å². The number of urea groups is 1. The van der Waals surface area contributed by atoms with E-state index >= 15 is 0 Å². The number of benzene rings is 1. The first-order valence-electron chi connectivity index (χ1n) is 5.78. The van der Waals surface area contributed by atoms with Crippen LogP contribution in [-0.4, -0.2) is 29.8 Å². The molecule has 3 N–H and O–H groups in total. The molecular formula is C12H14ClN3O2. The van der Waals surface area contributed by atoms with Crippen molar-refractivity contribution in [2.24, 2.45) is 0 Å². The number of carbonyl (C=O) groups excluding carboxylic acids is 1. The van der Waals surface area contributed by atoms with Gasteiger partial charge in [0.25, 0.3) is 0 Å². The molecule has 1 unspecified atom stereocenters. The van der Waals surface area contributed by atoms with Crippen LogP contribution in [0.5, 0.6) is 0 Å². The number of nitrogens with zero attached hydrogens (tertiary/aromatic N) is 1. The molecule has 2 aliphatic rings. The number of nitrogen functional groups attached to an aromatic ring is 1. The Labute approximate surface area is 110 Å². The van der Waals surface area contributed by atoms with Crippen molar-refractivity contribution in [3.8, 4) is 0 Å². The third-order valence-electron chi connectivity index (χ3n) is 4.22. The van der Waals surface area contributed by atoms with E-state index in [1.54, 1.807) is 0 Å². The lowest BCUT2D eigenvalue weighted by molar-refractivity contribution is -0.824. The van der Waals surface area contributed by atoms with Gasteiger partial charge in [0.15, 0.2) is 0 Å². The molecule has 1 aromatic rings. The average molecular weight is 268 g/mol. The first-order valence-corrected chi connectivity index (χ1v) is 6.16. The van der Waals surface area contributed by atoms with Gasteiger partial charge in [0.05, 0.1) is 24.3 Å². The number of halogens is 1. The fraction of sp³-hybridized carbons (Fsp3) is 0.417. The van der Waals surface area contributed by atoms with Gasteiger partial charge in [-0.3, -0.25) is 9.96 Å². The van der Waals surface area contributed by atoms with Crippen molar-refractivity contribution in [3.05, 3.63) is 33.5 Å². The monoisotopic (exact) mass is 267 g/mol. The summed E-state index contributed by atoms with van der Waals surface area (Å²) < 4.78 is -0.876. The van der Waals surface area contributed by atoms with E-state index in [-0.39, 0.29) is 0 Å². The number of rotatable bonds is 0. The number of likely N-dealkylation sites (N-methyl/N-ethyl adjacent to an activating group) is 1. The van der Waals surface area contributed by atoms with E-state index in [2.05, 4.69) is 5.32 Å². The predicted octanol–water partition coefficient (Wildman–Crippen LogP) is 1.43. The van der Waals surface area contributed by atoms with Gasteiger partial charge in [-0.05, 0) is 23.3 Å². The van der Waals surface area contributed by atoms with Crippen molar-refractivity contribution in [1.29, 1.82) is 0 Å². The highest BCUT2D eigenvalue weighted by atomic mass is 35.5. The third kappa shape index (κ3) is 1.32. The highest BCUT2D eigenvalue weighted by Gasteiger charge is 2.56. The molecule has 0 radical (unpaired) electrons. The van der Waals surface area contributed by atoms with E-state index in [4.69, 9.17) is 17.3 Å². The molecule has 1 aromatic carbocycles. The Morgan fingerprint density at radius 1 is 1.44 bits per heavy atom. The molecule has 0 aromatic heterocycles. The largest absolute Gasteiger partial charge is 0.624 e. The van der Waals surface area contributed by atoms with Crippen LogP contribution >= 0.6 is 11.6 Å². The second-order valence-corrected chi connectivity index (χ2v) is 5.71. The number of carbonyl (C=O) groups is 1. The molecule has 96 valence electrons. The van der Waals surface area contributed by atoms with E-state index in [0.29, 0.717) is 30.1 Å². The maximum atomic E-state index is 12.5. The molecule has 0 saturated carbocycles. The minimum absolute atomic E-state index is 0.401. The van der Waals surface area contributed by atoms with Crippen LogP contribution in [0.1, 0.15) is 11.1 Å². The van der Waals surface area contributed by atoms with Crippen LogP contribution in [-0.2, 0) is 12.8 Å². The standard InChI is InChI=1S/C12H14ClN3O2/c1-16(18)11(17)15-6-12(16)4-7-2-9(13)10(14)3-8(7)5-12/h2-3H,4-6,14H2,1H3,(H,15,17)/t12-,16?/m1/s1. The molecule has 2 atom stereocenters. The van der Waals surface area contributed by atoms with Crippen LogP contribution in [0.3, 0.4) is 0 Å². The highest BCUT2D eigenvalue weighted by Crippen LogP contribution is 2.42. The van der Waals surface area contributed by atoms with Crippen LogP contribution < -0.4 is 11.1 Å². The molecule has 0 bridgehead atoms. The zero-order chi connectivity index (χ0) is 13.1. The van der Waals surface area contributed by atoms with Gasteiger partial charge in [-0.1, -0.05) is 11.6 Å². The van der Waals surface area contributed by atoms with Gasteiger partial charge in [0.1, 0.15) is 5.54 Å². The minimum atomic E-state index is -0.876. The molecule has 2 amide bonds. The zero-order valence-corrected chi connectivity index (χ0v) is 10.8. The van der Waals surface area contributed by atoms with Gasteiger partial charge in [-0.25, -0.2) is 4.79 Å². The lowest BCUT2D eigenvalue weighted by atomic mass is 9.95. The van der Waals surface area contributed by atoms with Gasteiger partial charge in [-0.2, -0.15) is 0 Å². The van der Waals surface area contributed by atoms with Crippen LogP contribution in [0.15, 0.2) is 12.1 Å². The number of fused-ring (bicyclic) bond motifs is 1. The lowest BCUT2D eigenvalue weighted by Crippen LogP contribution is -2.57. The quantitative estimate of drug-likeness (QED) is 0.424. The maximum absolute atomic E-state index is 12.5. The Kier molecular flexibility index (Phi) is 2.21. The van der Waals surface area contributed by atoms with Gasteiger partial charge in [0, 0.05) is 12.8 Å². The number of nitrogens with two attached hydrogens (primary N) is 1. The smallest absolute Gasteiger partial charge is 0.417 e. The summed E-state index contributed by atoms with van der Waals surface area (Å²) in [5.74, 6) is 0. The van der Waals surface area contributed by atoms with Crippen LogP contribution in [0.25, 0.3) is 0 Å². The molecule has 3 rings (SSSR count). The highest BCUT2D eigenvalue weighted by molar-refractivity contribution is 6.33. The number of hydrogen-bond acceptors (Lipinski definition) is 3. The second kappa shape index (κ2) is 3.38. The Morgan fingerprint density at radius 2 is 2.06 bits per heavy atom. The number of anilines is 1. The van der Waals surface area contributed by atoms with Crippen LogP contribution in [0.4, 0.5) is 10.5 Å². The molecule has 1 heterocycles. The van der Waals surface area contributed by atoms with E-state index in [9.17, 15) is 10.0 Å². The van der Waals surface area contributed by atoms with Crippen molar-refractivity contribution in [1.82, 2.24) is 5.32 Å². The first-order chi connectivity index (χ1) is 8.36. The number of hydrogen-bond donors (Lipinski definition) is 2. The Balaban J connectivity index is 2.05. The topological polar surface area (TPSA) is 78.2 Å². The normalized spacial score (nSPS) is 33.8. The fourth-order valence-electron chi connectivity index (χ4n) is 2.96. The van der Waals surface area contributed by atoms with E-state index in [1.165, 1.54) is 7.05 Å². The predicted molar refractivity (Wildman–Crippen MR) is 69.0 cm³/mol. The summed E-state index contributed by atoms with van der Waals surface area (Å²) in [6.45, 7) is 0.401. The molecular weight excluding hydrogens is 254 g/mol. The summed E-state index contributed by atoms with van der Waals surface area (Å²) in [5, 5.41) is 15.7. The molecule has 5 nitrogen and oxygen atoms in total.